The van der Waals surface area contributed by atoms with Crippen molar-refractivity contribution in [3.05, 3.63) is 29.1 Å². The number of nitrogens with zero attached hydrogens (tertiary/aromatic N) is 1. The van der Waals surface area contributed by atoms with Gasteiger partial charge in [0.2, 0.25) is 0 Å². The van der Waals surface area contributed by atoms with E-state index >= 15 is 0 Å². The highest BCUT2D eigenvalue weighted by atomic mass is 19.1. The Labute approximate surface area is 120 Å². The van der Waals surface area contributed by atoms with Crippen LogP contribution in [-0.2, 0) is 0 Å². The van der Waals surface area contributed by atoms with Crippen LogP contribution >= 0.6 is 0 Å². The number of benzene rings is 1. The lowest BCUT2D eigenvalue weighted by molar-refractivity contribution is 0.0839. The van der Waals surface area contributed by atoms with Crippen LogP contribution < -0.4 is 5.32 Å². The summed E-state index contributed by atoms with van der Waals surface area (Å²) in [5, 5.41) is 13.7. The summed E-state index contributed by atoms with van der Waals surface area (Å²) in [5.74, 6) is -0.0513. The van der Waals surface area contributed by atoms with Gasteiger partial charge in [-0.3, -0.25) is 4.90 Å². The molecule has 1 aliphatic rings. The minimum atomic E-state index is -0.278. The van der Waals surface area contributed by atoms with Crippen LogP contribution in [0, 0.1) is 18.2 Å². The van der Waals surface area contributed by atoms with E-state index in [1.54, 1.807) is 6.92 Å². The lowest BCUT2D eigenvalue weighted by Crippen LogP contribution is -2.48. The molecular weight excluding hydrogens is 255 g/mol. The second-order valence-corrected chi connectivity index (χ2v) is 6.72. The van der Waals surface area contributed by atoms with E-state index in [2.05, 4.69) is 31.0 Å². The monoisotopic (exact) mass is 280 g/mol. The van der Waals surface area contributed by atoms with Gasteiger partial charge in [0.25, 0.3) is 0 Å². The molecule has 112 valence electrons. The first kappa shape index (κ1) is 15.3. The summed E-state index contributed by atoms with van der Waals surface area (Å²) < 4.78 is 13.8. The summed E-state index contributed by atoms with van der Waals surface area (Å²) in [7, 11) is 0. The topological polar surface area (TPSA) is 35.5 Å². The van der Waals surface area contributed by atoms with Crippen LogP contribution in [0.25, 0.3) is 0 Å². The van der Waals surface area contributed by atoms with Crippen molar-refractivity contribution in [1.29, 1.82) is 0 Å². The van der Waals surface area contributed by atoms with E-state index in [-0.39, 0.29) is 23.0 Å². The predicted octanol–water partition coefficient (Wildman–Crippen LogP) is 2.83. The van der Waals surface area contributed by atoms with Crippen LogP contribution in [0.15, 0.2) is 12.1 Å². The summed E-state index contributed by atoms with van der Waals surface area (Å²) in [6.07, 6.45) is 0. The summed E-state index contributed by atoms with van der Waals surface area (Å²) in [6.45, 7) is 11.9. The normalized spacial score (nSPS) is 19.1. The maximum Gasteiger partial charge on any atom is 0.124 e. The highest BCUT2D eigenvalue weighted by molar-refractivity contribution is 5.42. The van der Waals surface area contributed by atoms with Crippen LogP contribution in [0.5, 0.6) is 5.75 Å². The fraction of sp³-hybridized carbons (Fsp3) is 0.625. The van der Waals surface area contributed by atoms with Crippen molar-refractivity contribution in [3.63, 3.8) is 0 Å². The quantitative estimate of drug-likeness (QED) is 0.874. The minimum absolute atomic E-state index is 0.0130. The van der Waals surface area contributed by atoms with Gasteiger partial charge in [-0.05, 0) is 30.0 Å². The molecule has 1 aliphatic heterocycles. The molecule has 1 heterocycles. The second kappa shape index (κ2) is 5.70. The molecule has 0 aromatic heterocycles. The van der Waals surface area contributed by atoms with Crippen molar-refractivity contribution >= 4 is 0 Å². The van der Waals surface area contributed by atoms with E-state index < -0.39 is 0 Å². The number of aromatic hydroxyl groups is 1. The summed E-state index contributed by atoms with van der Waals surface area (Å²) in [6, 6.07) is 2.88. The highest BCUT2D eigenvalue weighted by Gasteiger charge is 2.34. The molecule has 1 fully saturated rings. The van der Waals surface area contributed by atoms with Crippen molar-refractivity contribution in [2.75, 3.05) is 26.2 Å². The number of hydrogen-bond donors (Lipinski definition) is 2. The van der Waals surface area contributed by atoms with Gasteiger partial charge in [0.1, 0.15) is 11.6 Å². The average Bonchev–Trinajstić information content (AvgIpc) is 2.35. The van der Waals surface area contributed by atoms with Crippen molar-refractivity contribution in [2.24, 2.45) is 5.41 Å². The first-order valence-corrected chi connectivity index (χ1v) is 7.24. The molecule has 2 rings (SSSR count). The Morgan fingerprint density at radius 3 is 2.40 bits per heavy atom. The zero-order valence-corrected chi connectivity index (χ0v) is 12.8. The molecule has 1 aromatic carbocycles. The molecule has 4 heteroatoms. The van der Waals surface area contributed by atoms with Crippen molar-refractivity contribution < 1.29 is 9.50 Å². The fourth-order valence-corrected chi connectivity index (χ4v) is 3.12. The molecule has 0 spiro atoms. The van der Waals surface area contributed by atoms with Crippen molar-refractivity contribution in [2.45, 2.75) is 33.7 Å². The van der Waals surface area contributed by atoms with Gasteiger partial charge in [-0.15, -0.1) is 0 Å². The number of nitrogens with one attached hydrogen (secondary N) is 1. The number of halogens is 1. The molecule has 0 radical (unpaired) electrons. The van der Waals surface area contributed by atoms with E-state index in [0.717, 1.165) is 26.2 Å². The van der Waals surface area contributed by atoms with Gasteiger partial charge >= 0.3 is 0 Å². The van der Waals surface area contributed by atoms with Gasteiger partial charge in [0, 0.05) is 37.8 Å². The number of piperazine rings is 1. The lowest BCUT2D eigenvalue weighted by Gasteiger charge is -2.43. The van der Waals surface area contributed by atoms with E-state index in [1.807, 2.05) is 0 Å². The molecule has 1 saturated heterocycles. The van der Waals surface area contributed by atoms with Gasteiger partial charge in [-0.25, -0.2) is 4.39 Å². The largest absolute Gasteiger partial charge is 0.507 e. The molecule has 0 aliphatic carbocycles. The van der Waals surface area contributed by atoms with Crippen LogP contribution in [0.1, 0.15) is 37.9 Å². The number of rotatable bonds is 2. The van der Waals surface area contributed by atoms with Crippen LogP contribution in [0.4, 0.5) is 4.39 Å². The standard InChI is InChI=1S/C16H25FN2O/c1-11-9-12(17)10-13(14(11)20)15(16(2,3)4)19-7-5-18-6-8-19/h9-10,15,18,20H,5-8H2,1-4H3/t15-/m0/s1. The minimum Gasteiger partial charge on any atom is -0.507 e. The molecule has 0 bridgehead atoms. The Bertz CT molecular complexity index is 476. The maximum absolute atomic E-state index is 13.8. The third-order valence-electron chi connectivity index (χ3n) is 3.93. The van der Waals surface area contributed by atoms with Gasteiger partial charge in [0.15, 0.2) is 0 Å². The Kier molecular flexibility index (Phi) is 4.35. The Morgan fingerprint density at radius 2 is 1.85 bits per heavy atom. The SMILES string of the molecule is Cc1cc(F)cc([C@H](N2CCNCC2)C(C)(C)C)c1O. The Hall–Kier alpha value is -1.13. The molecule has 0 unspecified atom stereocenters. The van der Waals surface area contributed by atoms with E-state index in [1.165, 1.54) is 12.1 Å². The molecule has 20 heavy (non-hydrogen) atoms. The summed E-state index contributed by atoms with van der Waals surface area (Å²) in [4.78, 5) is 2.34. The zero-order valence-electron chi connectivity index (χ0n) is 12.8. The first-order valence-electron chi connectivity index (χ1n) is 7.24. The molecule has 1 atom stereocenters. The smallest absolute Gasteiger partial charge is 0.124 e. The zero-order chi connectivity index (χ0) is 14.9. The lowest BCUT2D eigenvalue weighted by atomic mass is 9.80. The van der Waals surface area contributed by atoms with Crippen LogP contribution in [0.3, 0.4) is 0 Å². The van der Waals surface area contributed by atoms with E-state index in [9.17, 15) is 9.50 Å². The predicted molar refractivity (Wildman–Crippen MR) is 79.4 cm³/mol. The second-order valence-electron chi connectivity index (χ2n) is 6.72. The third-order valence-corrected chi connectivity index (χ3v) is 3.93. The fourth-order valence-electron chi connectivity index (χ4n) is 3.12. The van der Waals surface area contributed by atoms with E-state index in [0.29, 0.717) is 11.1 Å². The van der Waals surface area contributed by atoms with Gasteiger partial charge < -0.3 is 10.4 Å². The molecule has 0 amide bonds. The van der Waals surface area contributed by atoms with Crippen molar-refractivity contribution in [3.8, 4) is 5.75 Å². The summed E-state index contributed by atoms with van der Waals surface area (Å²) in [5.41, 5.74) is 1.23. The average molecular weight is 280 g/mol. The number of phenols is 1. The van der Waals surface area contributed by atoms with Crippen molar-refractivity contribution in [1.82, 2.24) is 10.2 Å². The van der Waals surface area contributed by atoms with E-state index in [4.69, 9.17) is 0 Å². The molecular formula is C16H25FN2O. The number of phenolic OH excluding ortho intramolecular Hbond substituents is 1. The first-order chi connectivity index (χ1) is 9.30. The Balaban J connectivity index is 2.46. The highest BCUT2D eigenvalue weighted by Crippen LogP contribution is 2.42. The van der Waals surface area contributed by atoms with Gasteiger partial charge in [0.05, 0.1) is 0 Å². The third kappa shape index (κ3) is 3.13. The maximum atomic E-state index is 13.8. The molecule has 3 nitrogen and oxygen atoms in total. The molecule has 0 saturated carbocycles. The molecule has 1 aromatic rings. The molecule has 2 N–H and O–H groups in total. The van der Waals surface area contributed by atoms with Gasteiger partial charge in [-0.2, -0.15) is 0 Å². The number of aryl methyl sites for hydroxylation is 1. The van der Waals surface area contributed by atoms with Crippen LogP contribution in [-0.4, -0.2) is 36.2 Å². The summed E-state index contributed by atoms with van der Waals surface area (Å²) >= 11 is 0. The van der Waals surface area contributed by atoms with Crippen LogP contribution in [0.2, 0.25) is 0 Å². The Morgan fingerprint density at radius 1 is 1.25 bits per heavy atom. The van der Waals surface area contributed by atoms with Gasteiger partial charge in [-0.1, -0.05) is 20.8 Å². The number of hydrogen-bond acceptors (Lipinski definition) is 3.